The van der Waals surface area contributed by atoms with Gasteiger partial charge in [0.1, 0.15) is 11.0 Å². The minimum atomic E-state index is -4.56. The molecule has 1 rings (SSSR count). The lowest BCUT2D eigenvalue weighted by Gasteiger charge is -2.33. The normalized spacial score (nSPS) is 28.6. The molecule has 2 atom stereocenters. The average molecular weight is 283 g/mol. The molecule has 1 aliphatic rings. The summed E-state index contributed by atoms with van der Waals surface area (Å²) in [6, 6.07) is 0. The van der Waals surface area contributed by atoms with E-state index in [1.165, 1.54) is 6.92 Å². The molecule has 1 aliphatic heterocycles. The van der Waals surface area contributed by atoms with E-state index >= 15 is 0 Å². The molecule has 112 valence electrons. The van der Waals surface area contributed by atoms with Crippen LogP contribution >= 0.6 is 0 Å². The van der Waals surface area contributed by atoms with Crippen LogP contribution in [0.2, 0.25) is 0 Å². The number of hydrogen-bond acceptors (Lipinski definition) is 3. The van der Waals surface area contributed by atoms with Crippen molar-refractivity contribution in [1.82, 2.24) is 4.90 Å². The Kier molecular flexibility index (Phi) is 4.10. The highest BCUT2D eigenvalue weighted by Crippen LogP contribution is 2.48. The molecule has 0 aromatic carbocycles. The van der Waals surface area contributed by atoms with Crippen LogP contribution in [0.5, 0.6) is 0 Å². The van der Waals surface area contributed by atoms with Crippen LogP contribution in [0.1, 0.15) is 27.7 Å². The number of carbonyl (C=O) groups is 1. The van der Waals surface area contributed by atoms with Crippen molar-refractivity contribution >= 4 is 6.09 Å². The van der Waals surface area contributed by atoms with Gasteiger partial charge in [-0.1, -0.05) is 6.92 Å². The summed E-state index contributed by atoms with van der Waals surface area (Å²) >= 11 is 0. The molecule has 1 N–H and O–H groups in total. The molecule has 19 heavy (non-hydrogen) atoms. The third-order valence-electron chi connectivity index (χ3n) is 3.41. The highest BCUT2D eigenvalue weighted by Gasteiger charge is 2.62. The van der Waals surface area contributed by atoms with Crippen molar-refractivity contribution in [2.45, 2.75) is 39.5 Å². The fourth-order valence-electron chi connectivity index (χ4n) is 2.20. The van der Waals surface area contributed by atoms with Crippen LogP contribution in [-0.2, 0) is 4.74 Å². The third kappa shape index (κ3) is 3.13. The SMILES string of the molecule is C[C@H]1CN(C(=O)OC(C)(C)C)C[C@@]1(CO)C(F)(F)F. The van der Waals surface area contributed by atoms with E-state index in [-0.39, 0.29) is 6.54 Å². The molecule has 1 fully saturated rings. The van der Waals surface area contributed by atoms with Crippen molar-refractivity contribution in [1.29, 1.82) is 0 Å². The molecule has 1 amide bonds. The van der Waals surface area contributed by atoms with Gasteiger partial charge in [-0.3, -0.25) is 0 Å². The average Bonchev–Trinajstić information content (AvgIpc) is 2.53. The van der Waals surface area contributed by atoms with Crippen LogP contribution in [0, 0.1) is 11.3 Å². The second-order valence-electron chi connectivity index (χ2n) is 6.07. The minimum absolute atomic E-state index is 0.0744. The standard InChI is InChI=1S/C12H20F3NO3/c1-8-5-16(9(18)19-10(2,3)4)6-11(8,7-17)12(13,14)15/h8,17H,5-7H2,1-4H3/t8-,11-/m0/s1. The number of carbonyl (C=O) groups excluding carboxylic acids is 1. The maximum atomic E-state index is 13.1. The van der Waals surface area contributed by atoms with E-state index in [2.05, 4.69) is 0 Å². The number of alkyl halides is 3. The van der Waals surface area contributed by atoms with Crippen LogP contribution in [-0.4, -0.2) is 47.6 Å². The fourth-order valence-corrected chi connectivity index (χ4v) is 2.20. The molecule has 1 saturated heterocycles. The summed E-state index contributed by atoms with van der Waals surface area (Å²) in [6.45, 7) is 4.65. The Morgan fingerprint density at radius 1 is 1.42 bits per heavy atom. The van der Waals surface area contributed by atoms with Crippen LogP contribution < -0.4 is 0 Å². The van der Waals surface area contributed by atoms with Crippen molar-refractivity contribution in [3.8, 4) is 0 Å². The third-order valence-corrected chi connectivity index (χ3v) is 3.41. The summed E-state index contributed by atoms with van der Waals surface area (Å²) < 4.78 is 44.4. The largest absolute Gasteiger partial charge is 0.444 e. The molecular weight excluding hydrogens is 263 g/mol. The molecule has 7 heteroatoms. The second-order valence-corrected chi connectivity index (χ2v) is 6.07. The van der Waals surface area contributed by atoms with Gasteiger partial charge in [0, 0.05) is 13.1 Å². The van der Waals surface area contributed by atoms with Crippen molar-refractivity contribution in [3.63, 3.8) is 0 Å². The van der Waals surface area contributed by atoms with Gasteiger partial charge in [-0.15, -0.1) is 0 Å². The predicted octanol–water partition coefficient (Wildman–Crippen LogP) is 2.41. The Balaban J connectivity index is 2.88. The minimum Gasteiger partial charge on any atom is -0.444 e. The van der Waals surface area contributed by atoms with E-state index in [9.17, 15) is 18.0 Å². The summed E-state index contributed by atoms with van der Waals surface area (Å²) in [4.78, 5) is 12.8. The number of rotatable bonds is 1. The monoisotopic (exact) mass is 283 g/mol. The Labute approximate surface area is 110 Å². The van der Waals surface area contributed by atoms with Crippen molar-refractivity contribution in [2.24, 2.45) is 11.3 Å². The van der Waals surface area contributed by atoms with Gasteiger partial charge in [0.05, 0.1) is 6.61 Å². The lowest BCUT2D eigenvalue weighted by molar-refractivity contribution is -0.241. The molecule has 0 bridgehead atoms. The first-order valence-electron chi connectivity index (χ1n) is 6.08. The van der Waals surface area contributed by atoms with E-state index in [0.29, 0.717) is 0 Å². The van der Waals surface area contributed by atoms with Gasteiger partial charge in [-0.05, 0) is 26.7 Å². The number of nitrogens with zero attached hydrogens (tertiary/aromatic N) is 1. The number of ether oxygens (including phenoxy) is 1. The molecule has 0 saturated carbocycles. The molecule has 4 nitrogen and oxygen atoms in total. The van der Waals surface area contributed by atoms with E-state index in [0.717, 1.165) is 4.90 Å². The second kappa shape index (κ2) is 4.85. The number of likely N-dealkylation sites (tertiary alicyclic amines) is 1. The van der Waals surface area contributed by atoms with Gasteiger partial charge in [0.2, 0.25) is 0 Å². The Hall–Kier alpha value is -0.980. The molecule has 0 aliphatic carbocycles. The molecule has 0 aromatic heterocycles. The highest BCUT2D eigenvalue weighted by atomic mass is 19.4. The zero-order valence-corrected chi connectivity index (χ0v) is 11.5. The lowest BCUT2D eigenvalue weighted by Crippen LogP contribution is -2.47. The van der Waals surface area contributed by atoms with Gasteiger partial charge in [0.15, 0.2) is 0 Å². The predicted molar refractivity (Wildman–Crippen MR) is 62.5 cm³/mol. The van der Waals surface area contributed by atoms with Crippen molar-refractivity contribution in [2.75, 3.05) is 19.7 Å². The molecule has 0 aromatic rings. The van der Waals surface area contributed by atoms with Gasteiger partial charge < -0.3 is 14.7 Å². The number of halogens is 3. The Bertz CT molecular complexity index is 351. The quantitative estimate of drug-likeness (QED) is 0.804. The van der Waals surface area contributed by atoms with Gasteiger partial charge in [-0.25, -0.2) is 4.79 Å². The van der Waals surface area contributed by atoms with Crippen molar-refractivity contribution in [3.05, 3.63) is 0 Å². The number of aliphatic hydroxyl groups excluding tert-OH is 1. The van der Waals surface area contributed by atoms with E-state index in [4.69, 9.17) is 9.84 Å². The smallest absolute Gasteiger partial charge is 0.410 e. The summed E-state index contributed by atoms with van der Waals surface area (Å²) in [6.07, 6.45) is -5.34. The topological polar surface area (TPSA) is 49.8 Å². The number of amides is 1. The van der Waals surface area contributed by atoms with Gasteiger partial charge in [-0.2, -0.15) is 13.2 Å². The molecule has 1 heterocycles. The van der Waals surface area contributed by atoms with Gasteiger partial charge >= 0.3 is 12.3 Å². The fraction of sp³-hybridized carbons (Fsp3) is 0.917. The lowest BCUT2D eigenvalue weighted by atomic mass is 9.79. The Morgan fingerprint density at radius 3 is 2.26 bits per heavy atom. The summed E-state index contributed by atoms with van der Waals surface area (Å²) in [7, 11) is 0. The van der Waals surface area contributed by atoms with Gasteiger partial charge in [0.25, 0.3) is 0 Å². The van der Waals surface area contributed by atoms with E-state index in [1.54, 1.807) is 20.8 Å². The maximum Gasteiger partial charge on any atom is 0.410 e. The molecule has 0 unspecified atom stereocenters. The number of hydrogen-bond donors (Lipinski definition) is 1. The summed E-state index contributed by atoms with van der Waals surface area (Å²) in [5, 5.41) is 9.16. The maximum absolute atomic E-state index is 13.1. The first-order chi connectivity index (χ1) is 8.43. The molecular formula is C12H20F3NO3. The summed E-state index contributed by atoms with van der Waals surface area (Å²) in [5.41, 5.74) is -3.02. The first kappa shape index (κ1) is 16.1. The first-order valence-corrected chi connectivity index (χ1v) is 6.08. The highest BCUT2D eigenvalue weighted by molar-refractivity contribution is 5.68. The Morgan fingerprint density at radius 2 is 1.95 bits per heavy atom. The van der Waals surface area contributed by atoms with Crippen LogP contribution in [0.25, 0.3) is 0 Å². The zero-order valence-electron chi connectivity index (χ0n) is 11.5. The van der Waals surface area contributed by atoms with E-state index < -0.39 is 42.4 Å². The summed E-state index contributed by atoms with van der Waals surface area (Å²) in [5.74, 6) is -0.870. The van der Waals surface area contributed by atoms with Crippen LogP contribution in [0.3, 0.4) is 0 Å². The van der Waals surface area contributed by atoms with Crippen LogP contribution in [0.4, 0.5) is 18.0 Å². The van der Waals surface area contributed by atoms with E-state index in [1.807, 2.05) is 0 Å². The number of aliphatic hydroxyl groups is 1. The molecule has 0 radical (unpaired) electrons. The molecule has 0 spiro atoms. The van der Waals surface area contributed by atoms with Crippen molar-refractivity contribution < 1.29 is 27.8 Å². The zero-order chi connectivity index (χ0) is 15.1. The van der Waals surface area contributed by atoms with Crippen LogP contribution in [0.15, 0.2) is 0 Å².